The highest BCUT2D eigenvalue weighted by Gasteiger charge is 2.29. The first-order chi connectivity index (χ1) is 8.38. The normalized spacial score (nSPS) is 29.5. The van der Waals surface area contributed by atoms with E-state index in [1.165, 1.54) is 71.1 Å². The van der Waals surface area contributed by atoms with Crippen LogP contribution in [0, 0.1) is 11.8 Å². The summed E-state index contributed by atoms with van der Waals surface area (Å²) in [6, 6.07) is 0. The topological polar surface area (TPSA) is 15.3 Å². The van der Waals surface area contributed by atoms with Gasteiger partial charge in [0.25, 0.3) is 0 Å². The van der Waals surface area contributed by atoms with Gasteiger partial charge in [-0.2, -0.15) is 0 Å². The molecule has 2 bridgehead atoms. The number of rotatable bonds is 7. The largest absolute Gasteiger partial charge is 0.317 e. The number of fused-ring (bicyclic) bond motifs is 2. The van der Waals surface area contributed by atoms with Gasteiger partial charge >= 0.3 is 0 Å². The molecular formula is C15H30N2. The third-order valence-corrected chi connectivity index (χ3v) is 4.50. The lowest BCUT2D eigenvalue weighted by atomic mass is 9.78. The van der Waals surface area contributed by atoms with Crippen molar-refractivity contribution in [1.82, 2.24) is 10.2 Å². The highest BCUT2D eigenvalue weighted by Crippen LogP contribution is 2.34. The van der Waals surface area contributed by atoms with E-state index in [1.807, 2.05) is 0 Å². The third-order valence-electron chi connectivity index (χ3n) is 4.50. The van der Waals surface area contributed by atoms with Crippen molar-refractivity contribution < 1.29 is 0 Å². The quantitative estimate of drug-likeness (QED) is 0.686. The summed E-state index contributed by atoms with van der Waals surface area (Å²) >= 11 is 0. The van der Waals surface area contributed by atoms with Crippen LogP contribution in [-0.2, 0) is 0 Å². The number of hydrogen-bond acceptors (Lipinski definition) is 2. The van der Waals surface area contributed by atoms with Crippen molar-refractivity contribution in [3.8, 4) is 0 Å². The minimum atomic E-state index is 1.05. The fourth-order valence-electron chi connectivity index (χ4n) is 3.66. The van der Waals surface area contributed by atoms with Crippen molar-refractivity contribution in [1.29, 1.82) is 0 Å². The van der Waals surface area contributed by atoms with Crippen molar-refractivity contribution in [2.24, 2.45) is 11.8 Å². The number of likely N-dealkylation sites (tertiary alicyclic amines) is 1. The molecule has 2 atom stereocenters. The second kappa shape index (κ2) is 7.38. The minimum absolute atomic E-state index is 1.05. The van der Waals surface area contributed by atoms with Crippen LogP contribution < -0.4 is 5.32 Å². The molecule has 2 rings (SSSR count). The number of piperidine rings is 1. The van der Waals surface area contributed by atoms with Gasteiger partial charge in [0, 0.05) is 13.1 Å². The van der Waals surface area contributed by atoms with E-state index in [2.05, 4.69) is 17.1 Å². The lowest BCUT2D eigenvalue weighted by Gasteiger charge is -2.41. The van der Waals surface area contributed by atoms with Gasteiger partial charge in [-0.1, -0.05) is 19.8 Å². The zero-order valence-electron chi connectivity index (χ0n) is 11.6. The van der Waals surface area contributed by atoms with Gasteiger partial charge in [0.05, 0.1) is 0 Å². The highest BCUT2D eigenvalue weighted by atomic mass is 15.1. The molecule has 2 unspecified atom stereocenters. The first-order valence-electron chi connectivity index (χ1n) is 7.81. The Bertz CT molecular complexity index is 193. The maximum absolute atomic E-state index is 3.41. The van der Waals surface area contributed by atoms with Gasteiger partial charge in [-0.05, 0) is 63.6 Å². The molecular weight excluding hydrogens is 208 g/mol. The van der Waals surface area contributed by atoms with Crippen LogP contribution in [0.2, 0.25) is 0 Å². The van der Waals surface area contributed by atoms with Gasteiger partial charge in [0.1, 0.15) is 0 Å². The Balaban J connectivity index is 1.54. The van der Waals surface area contributed by atoms with Gasteiger partial charge in [-0.3, -0.25) is 0 Å². The molecule has 2 heteroatoms. The first-order valence-corrected chi connectivity index (χ1v) is 7.81. The lowest BCUT2D eigenvalue weighted by molar-refractivity contribution is 0.0849. The summed E-state index contributed by atoms with van der Waals surface area (Å²) in [7, 11) is 0. The number of hydrogen-bond donors (Lipinski definition) is 1. The van der Waals surface area contributed by atoms with E-state index in [9.17, 15) is 0 Å². The van der Waals surface area contributed by atoms with Crippen molar-refractivity contribution in [2.45, 2.75) is 51.9 Å². The molecule has 2 nitrogen and oxygen atoms in total. The van der Waals surface area contributed by atoms with E-state index in [0.717, 1.165) is 18.4 Å². The van der Waals surface area contributed by atoms with Crippen LogP contribution in [-0.4, -0.2) is 37.6 Å². The van der Waals surface area contributed by atoms with Crippen LogP contribution in [0.25, 0.3) is 0 Å². The van der Waals surface area contributed by atoms with Crippen molar-refractivity contribution in [3.63, 3.8) is 0 Å². The van der Waals surface area contributed by atoms with Crippen molar-refractivity contribution in [3.05, 3.63) is 0 Å². The summed E-state index contributed by atoms with van der Waals surface area (Å²) in [5.41, 5.74) is 0. The van der Waals surface area contributed by atoms with Gasteiger partial charge in [-0.15, -0.1) is 0 Å². The molecule has 1 saturated heterocycles. The van der Waals surface area contributed by atoms with Gasteiger partial charge in [-0.25, -0.2) is 0 Å². The predicted octanol–water partition coefficient (Wildman–Crippen LogP) is 2.89. The first kappa shape index (κ1) is 13.4. The molecule has 1 N–H and O–H groups in total. The van der Waals surface area contributed by atoms with Crippen LogP contribution in [0.15, 0.2) is 0 Å². The average molecular weight is 238 g/mol. The van der Waals surface area contributed by atoms with E-state index in [0.29, 0.717) is 0 Å². The molecule has 100 valence electrons. The molecule has 1 saturated carbocycles. The maximum Gasteiger partial charge on any atom is 0.000988 e. The second-order valence-corrected chi connectivity index (χ2v) is 6.07. The lowest BCUT2D eigenvalue weighted by Crippen LogP contribution is -2.42. The summed E-state index contributed by atoms with van der Waals surface area (Å²) in [4.78, 5) is 2.76. The fourth-order valence-corrected chi connectivity index (χ4v) is 3.66. The highest BCUT2D eigenvalue weighted by molar-refractivity contribution is 4.83. The summed E-state index contributed by atoms with van der Waals surface area (Å²) < 4.78 is 0. The molecule has 1 aliphatic carbocycles. The summed E-state index contributed by atoms with van der Waals surface area (Å²) in [5, 5.41) is 3.41. The third kappa shape index (κ3) is 4.59. The fraction of sp³-hybridized carbons (Fsp3) is 1.00. The van der Waals surface area contributed by atoms with Crippen LogP contribution >= 0.6 is 0 Å². The van der Waals surface area contributed by atoms with Gasteiger partial charge in [0.15, 0.2) is 0 Å². The minimum Gasteiger partial charge on any atom is -0.317 e. The Morgan fingerprint density at radius 3 is 2.53 bits per heavy atom. The summed E-state index contributed by atoms with van der Waals surface area (Å²) in [6.07, 6.45) is 10.2. The predicted molar refractivity (Wildman–Crippen MR) is 74.3 cm³/mol. The zero-order valence-corrected chi connectivity index (χ0v) is 11.6. The molecule has 0 aromatic heterocycles. The average Bonchev–Trinajstić information content (AvgIpc) is 2.33. The smallest absolute Gasteiger partial charge is 0.000988 e. The van der Waals surface area contributed by atoms with E-state index >= 15 is 0 Å². The number of unbranched alkanes of at least 4 members (excludes halogenated alkanes) is 2. The van der Waals surface area contributed by atoms with Crippen LogP contribution in [0.1, 0.15) is 51.9 Å². The summed E-state index contributed by atoms with van der Waals surface area (Å²) in [6.45, 7) is 8.69. The number of nitrogens with one attached hydrogen (secondary N) is 1. The Hall–Kier alpha value is -0.0800. The Labute approximate surface area is 107 Å². The second-order valence-electron chi connectivity index (χ2n) is 6.07. The molecule has 17 heavy (non-hydrogen) atoms. The van der Waals surface area contributed by atoms with E-state index in [4.69, 9.17) is 0 Å². The maximum atomic E-state index is 3.41. The number of nitrogens with zero attached hydrogens (tertiary/aromatic N) is 1. The van der Waals surface area contributed by atoms with Crippen molar-refractivity contribution in [2.75, 3.05) is 32.7 Å². The Morgan fingerprint density at radius 2 is 1.82 bits per heavy atom. The van der Waals surface area contributed by atoms with E-state index < -0.39 is 0 Å². The van der Waals surface area contributed by atoms with E-state index in [-0.39, 0.29) is 0 Å². The SMILES string of the molecule is CCNCCCCCN1CC2CCCC(C2)C1. The molecule has 0 spiro atoms. The molecule has 0 radical (unpaired) electrons. The molecule has 0 aromatic rings. The van der Waals surface area contributed by atoms with Gasteiger partial charge in [0.2, 0.25) is 0 Å². The standard InChI is InChI=1S/C15H30N2/c1-2-16-9-4-3-5-10-17-12-14-7-6-8-15(11-14)13-17/h14-16H,2-13H2,1H3. The van der Waals surface area contributed by atoms with Crippen LogP contribution in [0.3, 0.4) is 0 Å². The Kier molecular flexibility index (Phi) is 5.79. The Morgan fingerprint density at radius 1 is 1.06 bits per heavy atom. The van der Waals surface area contributed by atoms with E-state index in [1.54, 1.807) is 0 Å². The molecule has 2 fully saturated rings. The molecule has 2 aliphatic rings. The van der Waals surface area contributed by atoms with Crippen molar-refractivity contribution >= 4 is 0 Å². The van der Waals surface area contributed by atoms with Crippen LogP contribution in [0.5, 0.6) is 0 Å². The zero-order chi connectivity index (χ0) is 11.9. The van der Waals surface area contributed by atoms with Gasteiger partial charge < -0.3 is 10.2 Å². The molecule has 0 aromatic carbocycles. The monoisotopic (exact) mass is 238 g/mol. The molecule has 1 aliphatic heterocycles. The molecule has 0 amide bonds. The van der Waals surface area contributed by atoms with Crippen LogP contribution in [0.4, 0.5) is 0 Å². The summed E-state index contributed by atoms with van der Waals surface area (Å²) in [5.74, 6) is 2.09. The molecule has 1 heterocycles.